The van der Waals surface area contributed by atoms with E-state index in [0.29, 0.717) is 0 Å². The van der Waals surface area contributed by atoms with Crippen LogP contribution >= 0.6 is 0 Å². The lowest BCUT2D eigenvalue weighted by atomic mass is 10.1. The molecule has 2 rings (SSSR count). The number of aryl methyl sites for hydroxylation is 2. The number of H-pyrrole nitrogens is 1. The number of aromatic nitrogens is 2. The Morgan fingerprint density at radius 2 is 2.10 bits per heavy atom. The zero-order valence-electron chi connectivity index (χ0n) is 12.6. The van der Waals surface area contributed by atoms with Gasteiger partial charge < -0.3 is 15.0 Å². The van der Waals surface area contributed by atoms with Gasteiger partial charge in [-0.05, 0) is 31.4 Å². The van der Waals surface area contributed by atoms with Crippen LogP contribution in [0.25, 0.3) is 0 Å². The van der Waals surface area contributed by atoms with Crippen molar-refractivity contribution in [2.45, 2.75) is 33.2 Å². The molecule has 0 radical (unpaired) electrons. The van der Waals surface area contributed by atoms with Gasteiger partial charge in [-0.3, -0.25) is 4.79 Å². The molecule has 0 bridgehead atoms. The molecular weight excluding hydrogens is 266 g/mol. The highest BCUT2D eigenvalue weighted by Crippen LogP contribution is 2.22. The molecule has 0 aliphatic heterocycles. The highest BCUT2D eigenvalue weighted by Gasteiger charge is 2.15. The van der Waals surface area contributed by atoms with Crippen LogP contribution in [0.2, 0.25) is 0 Å². The lowest BCUT2D eigenvalue weighted by Crippen LogP contribution is -2.33. The van der Waals surface area contributed by atoms with Gasteiger partial charge in [0.05, 0.1) is 6.04 Å². The zero-order chi connectivity index (χ0) is 15.2. The van der Waals surface area contributed by atoms with Crippen LogP contribution in [-0.4, -0.2) is 22.5 Å². The molecule has 0 spiro atoms. The first-order valence-corrected chi connectivity index (χ1v) is 7.09. The minimum Gasteiger partial charge on any atom is -0.483 e. The van der Waals surface area contributed by atoms with E-state index in [9.17, 15) is 4.79 Å². The van der Waals surface area contributed by atoms with E-state index >= 15 is 0 Å². The number of para-hydroxylation sites is 1. The Morgan fingerprint density at radius 3 is 2.67 bits per heavy atom. The first-order chi connectivity index (χ1) is 10.1. The number of imidazole rings is 1. The van der Waals surface area contributed by atoms with Crippen molar-refractivity contribution in [3.8, 4) is 5.75 Å². The average Bonchev–Trinajstić information content (AvgIpc) is 2.98. The maximum Gasteiger partial charge on any atom is 0.258 e. The van der Waals surface area contributed by atoms with Gasteiger partial charge >= 0.3 is 0 Å². The molecule has 1 aromatic heterocycles. The van der Waals surface area contributed by atoms with Crippen molar-refractivity contribution in [2.24, 2.45) is 0 Å². The summed E-state index contributed by atoms with van der Waals surface area (Å²) in [7, 11) is 0. The predicted octanol–water partition coefficient (Wildman–Crippen LogP) is 2.67. The van der Waals surface area contributed by atoms with E-state index in [-0.39, 0.29) is 18.6 Å². The molecule has 1 atom stereocenters. The summed E-state index contributed by atoms with van der Waals surface area (Å²) >= 11 is 0. The molecule has 1 aromatic carbocycles. The number of carbonyl (C=O) groups excluding carboxylic acids is 1. The molecule has 2 N–H and O–H groups in total. The molecule has 1 unspecified atom stereocenters. The number of carbonyl (C=O) groups is 1. The maximum absolute atomic E-state index is 12.0. The minimum atomic E-state index is -0.152. The van der Waals surface area contributed by atoms with E-state index < -0.39 is 0 Å². The fourth-order valence-corrected chi connectivity index (χ4v) is 2.23. The van der Waals surface area contributed by atoms with Gasteiger partial charge in [-0.25, -0.2) is 4.98 Å². The largest absolute Gasteiger partial charge is 0.483 e. The fraction of sp³-hybridized carbons (Fsp3) is 0.375. The van der Waals surface area contributed by atoms with E-state index in [2.05, 4.69) is 15.3 Å². The Labute approximate surface area is 124 Å². The smallest absolute Gasteiger partial charge is 0.258 e. The van der Waals surface area contributed by atoms with Crippen molar-refractivity contribution in [3.05, 3.63) is 47.5 Å². The summed E-state index contributed by atoms with van der Waals surface area (Å²) in [5.74, 6) is 1.39. The third-order valence-electron chi connectivity index (χ3n) is 3.35. The Bertz CT molecular complexity index is 573. The molecule has 5 heteroatoms. The van der Waals surface area contributed by atoms with Crippen LogP contribution in [0, 0.1) is 13.8 Å². The minimum absolute atomic E-state index is 0.00288. The van der Waals surface area contributed by atoms with E-state index in [1.165, 1.54) is 0 Å². The molecule has 0 aliphatic rings. The molecule has 1 amide bonds. The summed E-state index contributed by atoms with van der Waals surface area (Å²) in [5, 5.41) is 2.92. The molecule has 21 heavy (non-hydrogen) atoms. The number of hydrogen-bond acceptors (Lipinski definition) is 3. The van der Waals surface area contributed by atoms with Crippen LogP contribution in [0.1, 0.15) is 36.3 Å². The quantitative estimate of drug-likeness (QED) is 0.858. The van der Waals surface area contributed by atoms with Gasteiger partial charge in [0.2, 0.25) is 0 Å². The fourth-order valence-electron chi connectivity index (χ4n) is 2.23. The van der Waals surface area contributed by atoms with E-state index in [1.807, 2.05) is 39.0 Å². The van der Waals surface area contributed by atoms with Gasteiger partial charge in [0.1, 0.15) is 11.6 Å². The van der Waals surface area contributed by atoms with Crippen LogP contribution in [-0.2, 0) is 4.79 Å². The summed E-state index contributed by atoms with van der Waals surface area (Å²) < 4.78 is 5.65. The number of ether oxygens (including phenoxy) is 1. The summed E-state index contributed by atoms with van der Waals surface area (Å²) in [4.78, 5) is 19.2. The van der Waals surface area contributed by atoms with Crippen molar-refractivity contribution in [2.75, 3.05) is 6.61 Å². The van der Waals surface area contributed by atoms with Crippen molar-refractivity contribution in [1.82, 2.24) is 15.3 Å². The Morgan fingerprint density at radius 1 is 1.38 bits per heavy atom. The summed E-state index contributed by atoms with van der Waals surface area (Å²) in [5.41, 5.74) is 2.06. The second kappa shape index (κ2) is 6.92. The molecule has 0 saturated heterocycles. The zero-order valence-corrected chi connectivity index (χ0v) is 12.6. The molecule has 5 nitrogen and oxygen atoms in total. The first-order valence-electron chi connectivity index (χ1n) is 7.09. The highest BCUT2D eigenvalue weighted by atomic mass is 16.5. The number of nitrogens with one attached hydrogen (secondary N) is 2. The van der Waals surface area contributed by atoms with Crippen LogP contribution < -0.4 is 10.1 Å². The number of hydrogen-bond donors (Lipinski definition) is 2. The van der Waals surface area contributed by atoms with Crippen LogP contribution in [0.3, 0.4) is 0 Å². The van der Waals surface area contributed by atoms with Gasteiger partial charge in [-0.1, -0.05) is 25.1 Å². The van der Waals surface area contributed by atoms with E-state index in [1.54, 1.807) is 12.4 Å². The summed E-state index contributed by atoms with van der Waals surface area (Å²) in [6.45, 7) is 5.94. The van der Waals surface area contributed by atoms with Crippen LogP contribution in [0.4, 0.5) is 0 Å². The summed E-state index contributed by atoms with van der Waals surface area (Å²) in [6, 6.07) is 5.80. The standard InChI is InChI=1S/C16H21N3O2/c1-4-13(16-17-8-9-18-16)19-14(20)10-21-15-11(2)6-5-7-12(15)3/h5-9,13H,4,10H2,1-3H3,(H,17,18)(H,19,20). The molecule has 2 aromatic rings. The van der Waals surface area contributed by atoms with Gasteiger partial charge in [0.15, 0.2) is 6.61 Å². The number of aromatic amines is 1. The van der Waals surface area contributed by atoms with Crippen molar-refractivity contribution in [1.29, 1.82) is 0 Å². The molecule has 1 heterocycles. The predicted molar refractivity (Wildman–Crippen MR) is 81.2 cm³/mol. The molecule has 0 fully saturated rings. The van der Waals surface area contributed by atoms with Crippen molar-refractivity contribution >= 4 is 5.91 Å². The third kappa shape index (κ3) is 3.84. The summed E-state index contributed by atoms with van der Waals surface area (Å²) in [6.07, 6.45) is 4.19. The number of amides is 1. The third-order valence-corrected chi connectivity index (χ3v) is 3.35. The van der Waals surface area contributed by atoms with Gasteiger partial charge in [0, 0.05) is 12.4 Å². The van der Waals surface area contributed by atoms with E-state index in [4.69, 9.17) is 4.74 Å². The maximum atomic E-state index is 12.0. The average molecular weight is 287 g/mol. The van der Waals surface area contributed by atoms with Crippen LogP contribution in [0.5, 0.6) is 5.75 Å². The molecule has 0 aliphatic carbocycles. The first kappa shape index (κ1) is 15.1. The Kier molecular flexibility index (Phi) is 4.98. The molecule has 0 saturated carbocycles. The lowest BCUT2D eigenvalue weighted by molar-refractivity contribution is -0.123. The monoisotopic (exact) mass is 287 g/mol. The second-order valence-corrected chi connectivity index (χ2v) is 5.01. The molecular formula is C16H21N3O2. The molecule has 112 valence electrons. The van der Waals surface area contributed by atoms with E-state index in [0.717, 1.165) is 29.1 Å². The lowest BCUT2D eigenvalue weighted by Gasteiger charge is -2.16. The Hall–Kier alpha value is -2.30. The number of nitrogens with zero attached hydrogens (tertiary/aromatic N) is 1. The number of benzene rings is 1. The van der Waals surface area contributed by atoms with Gasteiger partial charge in [-0.2, -0.15) is 0 Å². The van der Waals surface area contributed by atoms with Gasteiger partial charge in [0.25, 0.3) is 5.91 Å². The SMILES string of the molecule is CCC(NC(=O)COc1c(C)cccc1C)c1ncc[nH]1. The topological polar surface area (TPSA) is 67.0 Å². The van der Waals surface area contributed by atoms with Crippen molar-refractivity contribution < 1.29 is 9.53 Å². The second-order valence-electron chi connectivity index (χ2n) is 5.01. The van der Waals surface area contributed by atoms with Gasteiger partial charge in [-0.15, -0.1) is 0 Å². The van der Waals surface area contributed by atoms with Crippen molar-refractivity contribution in [3.63, 3.8) is 0 Å². The normalized spacial score (nSPS) is 12.0. The highest BCUT2D eigenvalue weighted by molar-refractivity contribution is 5.78. The number of rotatable bonds is 6. The van der Waals surface area contributed by atoms with Crippen LogP contribution in [0.15, 0.2) is 30.6 Å². The Balaban J connectivity index is 1.93.